The van der Waals surface area contributed by atoms with Crippen molar-refractivity contribution in [2.24, 2.45) is 0 Å². The van der Waals surface area contributed by atoms with E-state index < -0.39 is 0 Å². The van der Waals surface area contributed by atoms with Crippen LogP contribution < -0.4 is 5.32 Å². The lowest BCUT2D eigenvalue weighted by atomic mass is 9.89. The number of amides is 1. The van der Waals surface area contributed by atoms with Crippen molar-refractivity contribution >= 4 is 23.2 Å². The molecule has 0 bridgehead atoms. The minimum atomic E-state index is -0.0848. The summed E-state index contributed by atoms with van der Waals surface area (Å²) in [6.07, 6.45) is 6.12. The average molecular weight is 291 g/mol. The summed E-state index contributed by atoms with van der Waals surface area (Å²) >= 11 is 0. The maximum absolute atomic E-state index is 12.2. The van der Waals surface area contributed by atoms with Crippen molar-refractivity contribution in [1.82, 2.24) is 0 Å². The molecule has 0 saturated carbocycles. The molecule has 3 nitrogen and oxygen atoms in total. The second-order valence-electron chi connectivity index (χ2n) is 5.94. The first kappa shape index (κ1) is 13.1. The fraction of sp³-hybridized carbons (Fsp3) is 0.211. The third-order valence-corrected chi connectivity index (χ3v) is 4.49. The molecule has 0 radical (unpaired) electrons. The van der Waals surface area contributed by atoms with Crippen LogP contribution in [0.2, 0.25) is 0 Å². The molecule has 1 aliphatic heterocycles. The lowest BCUT2D eigenvalue weighted by Gasteiger charge is -2.17. The molecule has 0 unspecified atom stereocenters. The predicted molar refractivity (Wildman–Crippen MR) is 87.7 cm³/mol. The number of phenols is 1. The first-order valence-corrected chi connectivity index (χ1v) is 7.69. The molecule has 110 valence electrons. The van der Waals surface area contributed by atoms with Crippen LogP contribution in [0.1, 0.15) is 35.1 Å². The van der Waals surface area contributed by atoms with Gasteiger partial charge in [0.15, 0.2) is 0 Å². The maximum Gasteiger partial charge on any atom is 0.256 e. The van der Waals surface area contributed by atoms with Crippen LogP contribution in [0.4, 0.5) is 5.69 Å². The summed E-state index contributed by atoms with van der Waals surface area (Å²) in [5.74, 6) is 0.272. The number of nitrogens with one attached hydrogen (secondary N) is 1. The Kier molecular flexibility index (Phi) is 3.00. The molecule has 0 aromatic heterocycles. The highest BCUT2D eigenvalue weighted by Gasteiger charge is 2.23. The fourth-order valence-corrected chi connectivity index (χ4v) is 3.40. The van der Waals surface area contributed by atoms with Crippen LogP contribution in [0.15, 0.2) is 36.4 Å². The van der Waals surface area contributed by atoms with Gasteiger partial charge in [-0.3, -0.25) is 4.79 Å². The Morgan fingerprint density at radius 3 is 2.82 bits per heavy atom. The number of anilines is 1. The van der Waals surface area contributed by atoms with Crippen molar-refractivity contribution in [3.8, 4) is 5.75 Å². The Morgan fingerprint density at radius 2 is 1.91 bits per heavy atom. The van der Waals surface area contributed by atoms with Gasteiger partial charge in [0, 0.05) is 16.8 Å². The highest BCUT2D eigenvalue weighted by molar-refractivity contribution is 6.34. The Balaban J connectivity index is 1.80. The van der Waals surface area contributed by atoms with Crippen LogP contribution in [0.3, 0.4) is 0 Å². The number of para-hydroxylation sites is 1. The van der Waals surface area contributed by atoms with E-state index in [1.165, 1.54) is 5.56 Å². The number of hydrogen-bond donors (Lipinski definition) is 2. The fourth-order valence-electron chi connectivity index (χ4n) is 3.40. The number of hydrogen-bond acceptors (Lipinski definition) is 2. The molecule has 3 heteroatoms. The molecule has 2 aromatic rings. The molecule has 0 saturated heterocycles. The standard InChI is InChI=1S/C19H17NO2/c21-18-11-12(9-13-5-1-2-6-14(13)18)10-16-15-7-3-4-8-17(15)20-19(16)22/h3-4,7-11,21H,1-2,5-6H2,(H,20,22)/b16-10-. The number of aromatic hydroxyl groups is 1. The van der Waals surface area contributed by atoms with Gasteiger partial charge >= 0.3 is 0 Å². The van der Waals surface area contributed by atoms with Gasteiger partial charge in [-0.05, 0) is 60.6 Å². The lowest BCUT2D eigenvalue weighted by molar-refractivity contribution is -0.110. The summed E-state index contributed by atoms with van der Waals surface area (Å²) in [6.45, 7) is 0. The average Bonchev–Trinajstić information content (AvgIpc) is 2.84. The number of carbonyl (C=O) groups excluding carboxylic acids is 1. The highest BCUT2D eigenvalue weighted by Crippen LogP contribution is 2.35. The van der Waals surface area contributed by atoms with Gasteiger partial charge < -0.3 is 10.4 Å². The zero-order valence-corrected chi connectivity index (χ0v) is 12.2. The minimum Gasteiger partial charge on any atom is -0.508 e. The Labute approximate surface area is 129 Å². The lowest BCUT2D eigenvalue weighted by Crippen LogP contribution is -2.05. The summed E-state index contributed by atoms with van der Waals surface area (Å²) < 4.78 is 0. The Morgan fingerprint density at radius 1 is 1.09 bits per heavy atom. The molecule has 1 heterocycles. The van der Waals surface area contributed by atoms with Crippen molar-refractivity contribution in [2.45, 2.75) is 25.7 Å². The largest absolute Gasteiger partial charge is 0.508 e. The number of fused-ring (bicyclic) bond motifs is 2. The van der Waals surface area contributed by atoms with E-state index in [1.807, 2.05) is 30.3 Å². The van der Waals surface area contributed by atoms with Gasteiger partial charge in [-0.25, -0.2) is 0 Å². The van der Waals surface area contributed by atoms with Crippen molar-refractivity contribution in [1.29, 1.82) is 0 Å². The van der Waals surface area contributed by atoms with E-state index in [-0.39, 0.29) is 5.91 Å². The summed E-state index contributed by atoms with van der Waals surface area (Å²) in [7, 11) is 0. The van der Waals surface area contributed by atoms with Crippen LogP contribution in [0.25, 0.3) is 11.6 Å². The number of benzene rings is 2. The number of carbonyl (C=O) groups is 1. The second-order valence-corrected chi connectivity index (χ2v) is 5.94. The van der Waals surface area contributed by atoms with Crippen LogP contribution >= 0.6 is 0 Å². The monoisotopic (exact) mass is 291 g/mol. The first-order chi connectivity index (χ1) is 10.7. The van der Waals surface area contributed by atoms with Crippen LogP contribution in [-0.4, -0.2) is 11.0 Å². The van der Waals surface area contributed by atoms with E-state index in [0.29, 0.717) is 11.3 Å². The van der Waals surface area contributed by atoms with Crippen LogP contribution in [-0.2, 0) is 17.6 Å². The van der Waals surface area contributed by atoms with Gasteiger partial charge in [-0.1, -0.05) is 24.3 Å². The van der Waals surface area contributed by atoms with Crippen LogP contribution in [0.5, 0.6) is 5.75 Å². The van der Waals surface area contributed by atoms with Gasteiger partial charge in [-0.15, -0.1) is 0 Å². The second kappa shape index (κ2) is 5.02. The van der Waals surface area contributed by atoms with Crippen LogP contribution in [0, 0.1) is 0 Å². The third kappa shape index (κ3) is 2.10. The van der Waals surface area contributed by atoms with E-state index in [4.69, 9.17) is 0 Å². The maximum atomic E-state index is 12.2. The van der Waals surface area contributed by atoms with Gasteiger partial charge in [0.25, 0.3) is 5.91 Å². The van der Waals surface area contributed by atoms with Crippen molar-refractivity contribution < 1.29 is 9.90 Å². The number of phenolic OH excluding ortho intramolecular Hbond substituents is 1. The summed E-state index contributed by atoms with van der Waals surface area (Å²) in [6, 6.07) is 11.6. The molecule has 4 rings (SSSR count). The van der Waals surface area contributed by atoms with E-state index in [2.05, 4.69) is 11.4 Å². The summed E-state index contributed by atoms with van der Waals surface area (Å²) in [5, 5.41) is 13.1. The molecule has 2 aliphatic rings. The zero-order valence-electron chi connectivity index (χ0n) is 12.2. The molecule has 0 atom stereocenters. The molecule has 2 N–H and O–H groups in total. The first-order valence-electron chi connectivity index (χ1n) is 7.69. The smallest absolute Gasteiger partial charge is 0.256 e. The van der Waals surface area contributed by atoms with Gasteiger partial charge in [0.05, 0.1) is 0 Å². The quantitative estimate of drug-likeness (QED) is 0.786. The predicted octanol–water partition coefficient (Wildman–Crippen LogP) is 3.76. The molecular formula is C19H17NO2. The van der Waals surface area contributed by atoms with Gasteiger partial charge in [0.1, 0.15) is 5.75 Å². The number of rotatable bonds is 1. The van der Waals surface area contributed by atoms with Crippen molar-refractivity contribution in [2.75, 3.05) is 5.32 Å². The topological polar surface area (TPSA) is 49.3 Å². The zero-order chi connectivity index (χ0) is 15.1. The van der Waals surface area contributed by atoms with Gasteiger partial charge in [-0.2, -0.15) is 0 Å². The van der Waals surface area contributed by atoms with Gasteiger partial charge in [0.2, 0.25) is 0 Å². The SMILES string of the molecule is O=C1Nc2ccccc2/C1=C/c1cc(O)c2c(c1)CCCC2. The van der Waals surface area contributed by atoms with E-state index in [9.17, 15) is 9.90 Å². The minimum absolute atomic E-state index is 0.0848. The van der Waals surface area contributed by atoms with Crippen molar-refractivity contribution in [3.05, 3.63) is 58.7 Å². The highest BCUT2D eigenvalue weighted by atomic mass is 16.3. The molecule has 0 spiro atoms. The van der Waals surface area contributed by atoms with E-state index >= 15 is 0 Å². The van der Waals surface area contributed by atoms with Crippen molar-refractivity contribution in [3.63, 3.8) is 0 Å². The Bertz CT molecular complexity index is 805. The third-order valence-electron chi connectivity index (χ3n) is 4.49. The normalized spacial score (nSPS) is 18.0. The molecule has 0 fully saturated rings. The molecule has 22 heavy (non-hydrogen) atoms. The number of aryl methyl sites for hydroxylation is 1. The molecule has 1 amide bonds. The summed E-state index contributed by atoms with van der Waals surface area (Å²) in [5.41, 5.74) is 5.60. The summed E-state index contributed by atoms with van der Waals surface area (Å²) in [4.78, 5) is 12.2. The van der Waals surface area contributed by atoms with E-state index in [1.54, 1.807) is 6.07 Å². The Hall–Kier alpha value is -2.55. The molecule has 1 aliphatic carbocycles. The molecule has 2 aromatic carbocycles. The van der Waals surface area contributed by atoms with E-state index in [0.717, 1.165) is 48.1 Å². The molecular weight excluding hydrogens is 274 g/mol.